The molecule has 0 saturated heterocycles. The normalized spacial score (nSPS) is 12.1. The molecule has 0 radical (unpaired) electrons. The Balaban J connectivity index is 0.00000121. The molecule has 0 bridgehead atoms. The second kappa shape index (κ2) is 11.1. The highest BCUT2D eigenvalue weighted by atomic mass is 32.2. The molecule has 0 N–H and O–H groups in total. The summed E-state index contributed by atoms with van der Waals surface area (Å²) < 4.78 is 10.9. The number of rotatable bonds is 7. The van der Waals surface area contributed by atoms with Gasteiger partial charge in [0.25, 0.3) is 0 Å². The maximum atomic E-state index is 5.75. The van der Waals surface area contributed by atoms with E-state index in [0.29, 0.717) is 6.61 Å². The molecule has 0 fully saturated rings. The summed E-state index contributed by atoms with van der Waals surface area (Å²) in [6.07, 6.45) is 0.438. The number of hydrogen-bond acceptors (Lipinski definition) is 4. The maximum Gasteiger partial charge on any atom is 0.0905 e. The van der Waals surface area contributed by atoms with Crippen LogP contribution in [0.5, 0.6) is 0 Å². The Morgan fingerprint density at radius 3 is 2.53 bits per heavy atom. The summed E-state index contributed by atoms with van der Waals surface area (Å²) in [5.41, 5.74) is 0. The van der Waals surface area contributed by atoms with E-state index in [1.54, 1.807) is 18.4 Å². The van der Waals surface area contributed by atoms with Gasteiger partial charge in [-0.1, -0.05) is 13.8 Å². The van der Waals surface area contributed by atoms with Crippen molar-refractivity contribution in [2.75, 3.05) is 19.5 Å². The van der Waals surface area contributed by atoms with E-state index in [2.05, 4.69) is 30.7 Å². The minimum atomic E-state index is 0.180. The van der Waals surface area contributed by atoms with Crippen molar-refractivity contribution in [1.29, 1.82) is 0 Å². The van der Waals surface area contributed by atoms with E-state index in [0.717, 1.165) is 5.75 Å². The number of thioether (sulfide) groups is 1. The Kier molecular flexibility index (Phi) is 11.1. The smallest absolute Gasteiger partial charge is 0.0905 e. The Labute approximate surface area is 114 Å². The van der Waals surface area contributed by atoms with Crippen LogP contribution in [0.3, 0.4) is 0 Å². The van der Waals surface area contributed by atoms with Crippen molar-refractivity contribution in [2.45, 2.75) is 44.8 Å². The highest BCUT2D eigenvalue weighted by molar-refractivity contribution is 7.99. The molecular weight excluding hydrogens is 252 g/mol. The third-order valence-electron chi connectivity index (χ3n) is 1.75. The largest absolute Gasteiger partial charge is 0.382 e. The van der Waals surface area contributed by atoms with Crippen LogP contribution in [0.15, 0.2) is 21.7 Å². The van der Waals surface area contributed by atoms with Gasteiger partial charge in [0, 0.05) is 23.1 Å². The first-order valence-corrected chi connectivity index (χ1v) is 7.94. The van der Waals surface area contributed by atoms with Gasteiger partial charge >= 0.3 is 0 Å². The van der Waals surface area contributed by atoms with E-state index >= 15 is 0 Å². The standard InChI is InChI=1S/C11H18O2S2.C2H6/c1-9(2)13-10(6-12-3)7-15-11-4-5-14-8-11;1-2/h4-5,8-10H,6-7H2,1-3H3;1-2H3. The molecule has 0 aliphatic carbocycles. The number of methoxy groups -OCH3 is 1. The van der Waals surface area contributed by atoms with Crippen molar-refractivity contribution in [2.24, 2.45) is 0 Å². The minimum Gasteiger partial charge on any atom is -0.382 e. The molecule has 17 heavy (non-hydrogen) atoms. The van der Waals surface area contributed by atoms with Crippen LogP contribution in [-0.2, 0) is 9.47 Å². The van der Waals surface area contributed by atoms with E-state index in [4.69, 9.17) is 9.47 Å². The molecule has 1 rings (SSSR count). The molecule has 0 amide bonds. The Morgan fingerprint density at radius 1 is 1.35 bits per heavy atom. The van der Waals surface area contributed by atoms with Gasteiger partial charge < -0.3 is 9.47 Å². The Morgan fingerprint density at radius 2 is 2.06 bits per heavy atom. The van der Waals surface area contributed by atoms with E-state index < -0.39 is 0 Å². The quantitative estimate of drug-likeness (QED) is 0.692. The van der Waals surface area contributed by atoms with Crippen molar-refractivity contribution >= 4 is 23.1 Å². The van der Waals surface area contributed by atoms with Crippen LogP contribution >= 0.6 is 23.1 Å². The van der Waals surface area contributed by atoms with Gasteiger partial charge in [0.15, 0.2) is 0 Å². The Hall–Kier alpha value is -0.0300. The summed E-state index contributed by atoms with van der Waals surface area (Å²) in [6.45, 7) is 8.77. The van der Waals surface area contributed by atoms with Gasteiger partial charge in [0.05, 0.1) is 18.8 Å². The molecule has 100 valence electrons. The summed E-state index contributed by atoms with van der Waals surface area (Å²) in [4.78, 5) is 1.31. The van der Waals surface area contributed by atoms with Crippen molar-refractivity contribution in [3.05, 3.63) is 16.8 Å². The average molecular weight is 276 g/mol. The maximum absolute atomic E-state index is 5.75. The van der Waals surface area contributed by atoms with E-state index in [1.807, 2.05) is 25.6 Å². The van der Waals surface area contributed by atoms with E-state index in [-0.39, 0.29) is 12.2 Å². The van der Waals surface area contributed by atoms with Gasteiger partial charge in [-0.2, -0.15) is 11.3 Å². The van der Waals surface area contributed by atoms with Gasteiger partial charge in [0.1, 0.15) is 0 Å². The van der Waals surface area contributed by atoms with Gasteiger partial charge in [0.2, 0.25) is 0 Å². The van der Waals surface area contributed by atoms with Crippen molar-refractivity contribution in [3.63, 3.8) is 0 Å². The zero-order valence-corrected chi connectivity index (χ0v) is 13.1. The fourth-order valence-corrected chi connectivity index (χ4v) is 2.98. The summed E-state index contributed by atoms with van der Waals surface area (Å²) in [5, 5.41) is 4.25. The first-order chi connectivity index (χ1) is 8.22. The summed E-state index contributed by atoms with van der Waals surface area (Å²) >= 11 is 3.55. The molecule has 0 saturated carbocycles. The molecule has 1 atom stereocenters. The monoisotopic (exact) mass is 276 g/mol. The lowest BCUT2D eigenvalue weighted by molar-refractivity contribution is -0.0207. The van der Waals surface area contributed by atoms with E-state index in [9.17, 15) is 0 Å². The van der Waals surface area contributed by atoms with Crippen molar-refractivity contribution in [1.82, 2.24) is 0 Å². The fourth-order valence-electron chi connectivity index (χ4n) is 1.22. The zero-order valence-electron chi connectivity index (χ0n) is 11.4. The molecule has 0 aliphatic rings. The fraction of sp³-hybridized carbons (Fsp3) is 0.692. The van der Waals surface area contributed by atoms with Gasteiger partial charge in [-0.05, 0) is 25.3 Å². The summed E-state index contributed by atoms with van der Waals surface area (Å²) in [7, 11) is 1.71. The molecule has 0 aliphatic heterocycles. The molecule has 4 heteroatoms. The lowest BCUT2D eigenvalue weighted by Gasteiger charge is -2.19. The summed E-state index contributed by atoms with van der Waals surface area (Å²) in [6, 6.07) is 2.13. The minimum absolute atomic E-state index is 0.180. The van der Waals surface area contributed by atoms with Gasteiger partial charge in [-0.15, -0.1) is 11.8 Å². The zero-order chi connectivity index (χ0) is 13.1. The predicted octanol–water partition coefficient (Wildman–Crippen LogP) is 4.31. The lowest BCUT2D eigenvalue weighted by atomic mass is 10.4. The second-order valence-electron chi connectivity index (χ2n) is 3.53. The van der Waals surface area contributed by atoms with Gasteiger partial charge in [-0.3, -0.25) is 0 Å². The van der Waals surface area contributed by atoms with Crippen molar-refractivity contribution in [3.8, 4) is 0 Å². The molecule has 1 heterocycles. The van der Waals surface area contributed by atoms with Crippen LogP contribution in [0.4, 0.5) is 0 Å². The second-order valence-corrected chi connectivity index (χ2v) is 5.41. The van der Waals surface area contributed by atoms with Crippen molar-refractivity contribution < 1.29 is 9.47 Å². The molecule has 1 aromatic rings. The molecule has 0 aromatic carbocycles. The van der Waals surface area contributed by atoms with Crippen LogP contribution in [-0.4, -0.2) is 31.7 Å². The van der Waals surface area contributed by atoms with Gasteiger partial charge in [-0.25, -0.2) is 0 Å². The Bertz CT molecular complexity index is 248. The van der Waals surface area contributed by atoms with Crippen LogP contribution in [0.25, 0.3) is 0 Å². The molecule has 2 nitrogen and oxygen atoms in total. The average Bonchev–Trinajstić information content (AvgIpc) is 2.81. The molecule has 0 spiro atoms. The third-order valence-corrected chi connectivity index (χ3v) is 3.71. The molecule has 1 aromatic heterocycles. The highest BCUT2D eigenvalue weighted by Gasteiger charge is 2.11. The first-order valence-electron chi connectivity index (χ1n) is 6.01. The summed E-state index contributed by atoms with van der Waals surface area (Å²) in [5.74, 6) is 0.947. The lowest BCUT2D eigenvalue weighted by Crippen LogP contribution is -2.25. The topological polar surface area (TPSA) is 18.5 Å². The van der Waals surface area contributed by atoms with Crippen LogP contribution in [0.1, 0.15) is 27.7 Å². The molecule has 1 unspecified atom stereocenters. The SMILES string of the molecule is CC.COCC(CSc1ccsc1)OC(C)C. The van der Waals surface area contributed by atoms with E-state index in [1.165, 1.54) is 4.90 Å². The van der Waals surface area contributed by atoms with Crippen LogP contribution in [0, 0.1) is 0 Å². The predicted molar refractivity (Wildman–Crippen MR) is 78.3 cm³/mol. The highest BCUT2D eigenvalue weighted by Crippen LogP contribution is 2.22. The van der Waals surface area contributed by atoms with Crippen LogP contribution in [0.2, 0.25) is 0 Å². The first kappa shape index (κ1) is 17.0. The third kappa shape index (κ3) is 8.66. The number of ether oxygens (including phenoxy) is 2. The van der Waals surface area contributed by atoms with Crippen LogP contribution < -0.4 is 0 Å². The molecular formula is C13H24O2S2. The number of thiophene rings is 1. The number of hydrogen-bond donors (Lipinski definition) is 0.